The maximum atomic E-state index is 13.1. The summed E-state index contributed by atoms with van der Waals surface area (Å²) in [6.07, 6.45) is 4.57. The molecule has 2 aromatic rings. The van der Waals surface area contributed by atoms with E-state index in [-0.39, 0.29) is 12.0 Å². The zero-order valence-electron chi connectivity index (χ0n) is 18.3. The first-order valence-electron chi connectivity index (χ1n) is 11.3. The molecule has 1 aliphatic carbocycles. The fourth-order valence-corrected chi connectivity index (χ4v) is 6.02. The van der Waals surface area contributed by atoms with Crippen LogP contribution in [-0.2, 0) is 22.4 Å². The number of amides is 4. The molecule has 172 valence electrons. The molecule has 3 aliphatic rings. The molecule has 3 heterocycles. The van der Waals surface area contributed by atoms with E-state index in [4.69, 9.17) is 4.74 Å². The Kier molecular flexibility index (Phi) is 5.76. The van der Waals surface area contributed by atoms with Crippen LogP contribution < -0.4 is 10.6 Å². The van der Waals surface area contributed by atoms with Crippen LogP contribution >= 0.6 is 11.3 Å². The van der Waals surface area contributed by atoms with Crippen molar-refractivity contribution in [3.63, 3.8) is 0 Å². The Hall–Kier alpha value is -3.04. The van der Waals surface area contributed by atoms with Crippen LogP contribution in [0.2, 0.25) is 0 Å². The minimum Gasteiger partial charge on any atom is -0.376 e. The number of hydrogen-bond donors (Lipinski definition) is 2. The SMILES string of the molecule is C[C@H](C(=O)Nc1sc2c(c1C(=O)NC[C@H]1CCCO1)CCC2)N1C(=O)c2ccccc2C1=O. The molecule has 0 unspecified atom stereocenters. The van der Waals surface area contributed by atoms with E-state index in [2.05, 4.69) is 10.6 Å². The zero-order valence-corrected chi connectivity index (χ0v) is 19.1. The number of rotatable bonds is 6. The van der Waals surface area contributed by atoms with Crippen LogP contribution in [0.3, 0.4) is 0 Å². The summed E-state index contributed by atoms with van der Waals surface area (Å²) in [4.78, 5) is 53.8. The Labute approximate surface area is 195 Å². The number of aryl methyl sites for hydroxylation is 1. The molecule has 2 N–H and O–H groups in total. The van der Waals surface area contributed by atoms with Crippen molar-refractivity contribution in [3.8, 4) is 0 Å². The van der Waals surface area contributed by atoms with Gasteiger partial charge in [0.2, 0.25) is 5.91 Å². The Morgan fingerprint density at radius 1 is 1.15 bits per heavy atom. The van der Waals surface area contributed by atoms with Gasteiger partial charge in [-0.3, -0.25) is 24.1 Å². The molecular weight excluding hydrogens is 442 g/mol. The minimum absolute atomic E-state index is 0.0209. The molecule has 4 amide bonds. The molecule has 9 heteroatoms. The second-order valence-electron chi connectivity index (χ2n) is 8.60. The van der Waals surface area contributed by atoms with Crippen molar-refractivity contribution < 1.29 is 23.9 Å². The van der Waals surface area contributed by atoms with Crippen LogP contribution in [0.15, 0.2) is 24.3 Å². The second-order valence-corrected chi connectivity index (χ2v) is 9.70. The summed E-state index contributed by atoms with van der Waals surface area (Å²) in [5.41, 5.74) is 2.07. The maximum Gasteiger partial charge on any atom is 0.262 e. The molecular formula is C24H25N3O5S. The highest BCUT2D eigenvalue weighted by atomic mass is 32.1. The average molecular weight is 468 g/mol. The molecule has 2 atom stereocenters. The molecule has 1 aromatic heterocycles. The average Bonchev–Trinajstić information content (AvgIpc) is 3.58. The van der Waals surface area contributed by atoms with Gasteiger partial charge in [-0.1, -0.05) is 12.1 Å². The molecule has 0 radical (unpaired) electrons. The quantitative estimate of drug-likeness (QED) is 0.636. The molecule has 1 saturated heterocycles. The number of hydrogen-bond acceptors (Lipinski definition) is 6. The number of anilines is 1. The lowest BCUT2D eigenvalue weighted by atomic mass is 10.1. The number of thiophene rings is 1. The number of nitrogens with one attached hydrogen (secondary N) is 2. The van der Waals surface area contributed by atoms with Crippen LogP contribution in [0.4, 0.5) is 5.00 Å². The van der Waals surface area contributed by atoms with Gasteiger partial charge in [0, 0.05) is 18.0 Å². The van der Waals surface area contributed by atoms with Gasteiger partial charge in [-0.2, -0.15) is 0 Å². The van der Waals surface area contributed by atoms with Gasteiger partial charge in [-0.15, -0.1) is 11.3 Å². The largest absolute Gasteiger partial charge is 0.376 e. The topological polar surface area (TPSA) is 105 Å². The standard InChI is InChI=1S/C24H25N3O5S/c1-13(27-23(30)15-7-2-3-8-16(15)24(27)31)20(28)26-22-19(17-9-4-10-18(17)33-22)21(29)25-12-14-6-5-11-32-14/h2-3,7-8,13-14H,4-6,9-12H2,1H3,(H,25,29)(H,26,28)/t13-,14-/m1/s1. The van der Waals surface area contributed by atoms with E-state index < -0.39 is 23.8 Å². The summed E-state index contributed by atoms with van der Waals surface area (Å²) >= 11 is 1.40. The highest BCUT2D eigenvalue weighted by molar-refractivity contribution is 7.17. The fourth-order valence-electron chi connectivity index (χ4n) is 4.73. The van der Waals surface area contributed by atoms with Crippen molar-refractivity contribution >= 4 is 40.0 Å². The van der Waals surface area contributed by atoms with Crippen molar-refractivity contribution in [1.29, 1.82) is 0 Å². The number of imide groups is 1. The van der Waals surface area contributed by atoms with Crippen LogP contribution in [0, 0.1) is 0 Å². The lowest BCUT2D eigenvalue weighted by Crippen LogP contribution is -2.45. The molecule has 0 spiro atoms. The zero-order chi connectivity index (χ0) is 23.1. The van der Waals surface area contributed by atoms with E-state index in [0.717, 1.165) is 47.4 Å². The van der Waals surface area contributed by atoms with Crippen molar-refractivity contribution in [2.75, 3.05) is 18.5 Å². The summed E-state index contributed by atoms with van der Waals surface area (Å²) in [6.45, 7) is 2.67. The first-order valence-corrected chi connectivity index (χ1v) is 12.1. The van der Waals surface area contributed by atoms with E-state index in [9.17, 15) is 19.2 Å². The fraction of sp³-hybridized carbons (Fsp3) is 0.417. The molecule has 0 saturated carbocycles. The second kappa shape index (κ2) is 8.72. The number of nitrogens with zero attached hydrogens (tertiary/aromatic N) is 1. The van der Waals surface area contributed by atoms with Gasteiger partial charge in [-0.05, 0) is 56.7 Å². The van der Waals surface area contributed by atoms with Gasteiger partial charge in [-0.25, -0.2) is 0 Å². The Morgan fingerprint density at radius 3 is 2.55 bits per heavy atom. The van der Waals surface area contributed by atoms with E-state index in [1.165, 1.54) is 18.3 Å². The van der Waals surface area contributed by atoms with E-state index in [1.54, 1.807) is 24.3 Å². The number of benzene rings is 1. The summed E-state index contributed by atoms with van der Waals surface area (Å²) < 4.78 is 5.59. The third-order valence-corrected chi connectivity index (χ3v) is 7.70. The maximum absolute atomic E-state index is 13.1. The third kappa shape index (κ3) is 3.85. The molecule has 1 fully saturated rings. The van der Waals surface area contributed by atoms with Crippen molar-refractivity contribution in [1.82, 2.24) is 10.2 Å². The first-order chi connectivity index (χ1) is 16.0. The molecule has 33 heavy (non-hydrogen) atoms. The highest BCUT2D eigenvalue weighted by Crippen LogP contribution is 2.39. The summed E-state index contributed by atoms with van der Waals surface area (Å²) in [5, 5.41) is 6.26. The van der Waals surface area contributed by atoms with Crippen LogP contribution in [0.1, 0.15) is 67.7 Å². The van der Waals surface area contributed by atoms with Crippen molar-refractivity contribution in [3.05, 3.63) is 51.4 Å². The van der Waals surface area contributed by atoms with E-state index in [0.29, 0.717) is 34.8 Å². The summed E-state index contributed by atoms with van der Waals surface area (Å²) in [5.74, 6) is -1.70. The number of carbonyl (C=O) groups is 4. The lowest BCUT2D eigenvalue weighted by molar-refractivity contribution is -0.119. The van der Waals surface area contributed by atoms with Gasteiger partial charge in [0.15, 0.2) is 0 Å². The summed E-state index contributed by atoms with van der Waals surface area (Å²) in [6, 6.07) is 5.53. The smallest absolute Gasteiger partial charge is 0.262 e. The van der Waals surface area contributed by atoms with Gasteiger partial charge >= 0.3 is 0 Å². The number of ether oxygens (including phenoxy) is 1. The predicted octanol–water partition coefficient (Wildman–Crippen LogP) is 2.77. The van der Waals surface area contributed by atoms with Gasteiger partial charge < -0.3 is 15.4 Å². The predicted molar refractivity (Wildman–Crippen MR) is 123 cm³/mol. The monoisotopic (exact) mass is 467 g/mol. The van der Waals surface area contributed by atoms with Crippen molar-refractivity contribution in [2.45, 2.75) is 51.2 Å². The first kappa shape index (κ1) is 21.8. The molecule has 5 rings (SSSR count). The Balaban J connectivity index is 1.34. The van der Waals surface area contributed by atoms with Gasteiger partial charge in [0.1, 0.15) is 11.0 Å². The number of carbonyl (C=O) groups excluding carboxylic acids is 4. The van der Waals surface area contributed by atoms with E-state index >= 15 is 0 Å². The van der Waals surface area contributed by atoms with Crippen LogP contribution in [0.5, 0.6) is 0 Å². The normalized spacial score (nSPS) is 20.0. The number of fused-ring (bicyclic) bond motifs is 2. The third-order valence-electron chi connectivity index (χ3n) is 6.49. The highest BCUT2D eigenvalue weighted by Gasteiger charge is 2.41. The van der Waals surface area contributed by atoms with Crippen LogP contribution in [0.25, 0.3) is 0 Å². The Morgan fingerprint density at radius 2 is 1.88 bits per heavy atom. The van der Waals surface area contributed by atoms with Crippen molar-refractivity contribution in [2.24, 2.45) is 0 Å². The lowest BCUT2D eigenvalue weighted by Gasteiger charge is -2.21. The molecule has 8 nitrogen and oxygen atoms in total. The molecule has 1 aromatic carbocycles. The van der Waals surface area contributed by atoms with Gasteiger partial charge in [0.05, 0.1) is 22.8 Å². The Bertz CT molecular complexity index is 1120. The summed E-state index contributed by atoms with van der Waals surface area (Å²) in [7, 11) is 0. The molecule has 2 aliphatic heterocycles. The van der Waals surface area contributed by atoms with Gasteiger partial charge in [0.25, 0.3) is 17.7 Å². The molecule has 0 bridgehead atoms. The minimum atomic E-state index is -1.02. The van der Waals surface area contributed by atoms with Crippen LogP contribution in [-0.4, -0.2) is 53.8 Å². The van der Waals surface area contributed by atoms with E-state index in [1.807, 2.05) is 0 Å².